The Balaban J connectivity index is 1.96. The van der Waals surface area contributed by atoms with Crippen LogP contribution in [0, 0.1) is 16.2 Å². The van der Waals surface area contributed by atoms with E-state index in [0.29, 0.717) is 17.4 Å². The van der Waals surface area contributed by atoms with Crippen molar-refractivity contribution in [2.24, 2.45) is 16.2 Å². The largest absolute Gasteiger partial charge is 0.380 e. The van der Waals surface area contributed by atoms with Crippen molar-refractivity contribution in [3.05, 3.63) is 41.5 Å². The second kappa shape index (κ2) is 3.74. The molecular weight excluding hydrogens is 254 g/mol. The van der Waals surface area contributed by atoms with Crippen LogP contribution in [0.2, 0.25) is 0 Å². The number of nitrogens with one attached hydrogen (secondary N) is 1. The summed E-state index contributed by atoms with van der Waals surface area (Å²) in [5.74, 6) is 0.668. The molecule has 0 aromatic heterocycles. The molecule has 1 aliphatic heterocycles. The van der Waals surface area contributed by atoms with E-state index in [0.717, 1.165) is 0 Å². The highest BCUT2D eigenvalue weighted by atomic mass is 15.0. The first-order chi connectivity index (χ1) is 9.77. The molecule has 1 heteroatoms. The fourth-order valence-electron chi connectivity index (χ4n) is 5.69. The van der Waals surface area contributed by atoms with E-state index in [4.69, 9.17) is 0 Å². The first kappa shape index (κ1) is 13.4. The number of fused-ring (bicyclic) bond motifs is 2. The monoisotopic (exact) mass is 281 g/mol. The lowest BCUT2D eigenvalue weighted by Crippen LogP contribution is -2.53. The third-order valence-corrected chi connectivity index (χ3v) is 6.59. The standard InChI is InChI=1S/C20H27N/c1-18(2)11-10-14-13-8-6-7-9-15(13)21-17-19(3,4)12-16(18)20(14,17)5/h6-9,12,14,17,21H,10-11H2,1-5H3/t14-,17-,20+/m1/s1. The predicted octanol–water partition coefficient (Wildman–Crippen LogP) is 5.36. The summed E-state index contributed by atoms with van der Waals surface area (Å²) in [4.78, 5) is 0. The van der Waals surface area contributed by atoms with Gasteiger partial charge in [0.15, 0.2) is 0 Å². The number of para-hydroxylation sites is 1. The van der Waals surface area contributed by atoms with Gasteiger partial charge in [0.25, 0.3) is 0 Å². The van der Waals surface area contributed by atoms with Crippen molar-refractivity contribution in [3.63, 3.8) is 0 Å². The molecule has 0 spiro atoms. The highest BCUT2D eigenvalue weighted by molar-refractivity contribution is 5.62. The zero-order valence-corrected chi connectivity index (χ0v) is 14.0. The van der Waals surface area contributed by atoms with Gasteiger partial charge >= 0.3 is 0 Å². The summed E-state index contributed by atoms with van der Waals surface area (Å²) in [6.45, 7) is 12.2. The lowest BCUT2D eigenvalue weighted by atomic mass is 9.52. The summed E-state index contributed by atoms with van der Waals surface area (Å²) in [6, 6.07) is 9.49. The Kier molecular flexibility index (Phi) is 2.39. The SMILES string of the molecule is CC1(C)CC[C@@H]2c3ccccc3N[C@@H]3C(C)(C)C=C1[C@]23C. The molecule has 112 valence electrons. The molecule has 3 atom stereocenters. The number of benzene rings is 1. The minimum Gasteiger partial charge on any atom is -0.380 e. The summed E-state index contributed by atoms with van der Waals surface area (Å²) >= 11 is 0. The summed E-state index contributed by atoms with van der Waals surface area (Å²) in [5, 5.41) is 3.90. The van der Waals surface area contributed by atoms with Gasteiger partial charge in [-0.25, -0.2) is 0 Å². The maximum Gasteiger partial charge on any atom is 0.0443 e. The van der Waals surface area contributed by atoms with Crippen LogP contribution in [0.25, 0.3) is 0 Å². The average Bonchev–Trinajstić information content (AvgIpc) is 2.62. The van der Waals surface area contributed by atoms with Gasteiger partial charge in [-0.2, -0.15) is 0 Å². The molecule has 0 amide bonds. The van der Waals surface area contributed by atoms with Crippen molar-refractivity contribution < 1.29 is 0 Å². The third-order valence-electron chi connectivity index (χ3n) is 6.59. The van der Waals surface area contributed by atoms with Gasteiger partial charge in [-0.05, 0) is 35.8 Å². The van der Waals surface area contributed by atoms with Crippen molar-refractivity contribution >= 4 is 5.69 Å². The van der Waals surface area contributed by atoms with Gasteiger partial charge in [0.1, 0.15) is 0 Å². The van der Waals surface area contributed by atoms with E-state index in [1.54, 1.807) is 5.57 Å². The van der Waals surface area contributed by atoms with Gasteiger partial charge in [-0.1, -0.05) is 64.5 Å². The maximum atomic E-state index is 3.90. The number of hydrogen-bond donors (Lipinski definition) is 1. The summed E-state index contributed by atoms with van der Waals surface area (Å²) < 4.78 is 0. The maximum absolute atomic E-state index is 3.90. The Morgan fingerprint density at radius 2 is 1.76 bits per heavy atom. The highest BCUT2D eigenvalue weighted by Gasteiger charge is 2.61. The molecule has 1 nitrogen and oxygen atoms in total. The van der Waals surface area contributed by atoms with Crippen LogP contribution in [-0.4, -0.2) is 6.04 Å². The van der Waals surface area contributed by atoms with E-state index in [1.165, 1.54) is 24.1 Å². The molecule has 2 aliphatic carbocycles. The number of anilines is 1. The summed E-state index contributed by atoms with van der Waals surface area (Å²) in [6.07, 6.45) is 5.21. The van der Waals surface area contributed by atoms with Crippen LogP contribution >= 0.6 is 0 Å². The molecular formula is C20H27N. The molecule has 0 saturated heterocycles. The van der Waals surface area contributed by atoms with Crippen LogP contribution in [0.1, 0.15) is 58.9 Å². The lowest BCUT2D eigenvalue weighted by Gasteiger charge is -2.56. The normalized spacial score (nSPS) is 38.0. The number of rotatable bonds is 0. The van der Waals surface area contributed by atoms with Crippen molar-refractivity contribution in [1.82, 2.24) is 0 Å². The topological polar surface area (TPSA) is 12.0 Å². The van der Waals surface area contributed by atoms with E-state index in [-0.39, 0.29) is 10.8 Å². The van der Waals surface area contributed by atoms with E-state index < -0.39 is 0 Å². The Bertz CT molecular complexity index is 637. The molecule has 1 aromatic carbocycles. The molecule has 0 unspecified atom stereocenters. The van der Waals surface area contributed by atoms with Crippen LogP contribution < -0.4 is 5.32 Å². The third kappa shape index (κ3) is 1.53. The minimum atomic E-state index is 0.220. The first-order valence-corrected chi connectivity index (χ1v) is 8.36. The predicted molar refractivity (Wildman–Crippen MR) is 89.6 cm³/mol. The molecule has 1 heterocycles. The van der Waals surface area contributed by atoms with Gasteiger partial charge in [-0.15, -0.1) is 0 Å². The molecule has 1 N–H and O–H groups in total. The Morgan fingerprint density at radius 3 is 2.52 bits per heavy atom. The van der Waals surface area contributed by atoms with Crippen molar-refractivity contribution in [2.75, 3.05) is 5.32 Å². The van der Waals surface area contributed by atoms with Crippen LogP contribution in [0.4, 0.5) is 5.69 Å². The molecule has 0 radical (unpaired) electrons. The zero-order valence-electron chi connectivity index (χ0n) is 14.0. The van der Waals surface area contributed by atoms with Gasteiger partial charge < -0.3 is 5.32 Å². The lowest BCUT2D eigenvalue weighted by molar-refractivity contribution is 0.126. The van der Waals surface area contributed by atoms with Crippen molar-refractivity contribution in [3.8, 4) is 0 Å². The molecule has 1 fully saturated rings. The summed E-state index contributed by atoms with van der Waals surface area (Å²) in [5.41, 5.74) is 5.42. The quantitative estimate of drug-likeness (QED) is 0.631. The van der Waals surface area contributed by atoms with Crippen LogP contribution in [0.5, 0.6) is 0 Å². The van der Waals surface area contributed by atoms with Gasteiger partial charge in [0, 0.05) is 22.6 Å². The van der Waals surface area contributed by atoms with E-state index in [2.05, 4.69) is 70.3 Å². The Morgan fingerprint density at radius 1 is 1.05 bits per heavy atom. The van der Waals surface area contributed by atoms with Crippen molar-refractivity contribution in [1.29, 1.82) is 0 Å². The molecule has 1 saturated carbocycles. The van der Waals surface area contributed by atoms with Gasteiger partial charge in [0.2, 0.25) is 0 Å². The van der Waals surface area contributed by atoms with E-state index >= 15 is 0 Å². The second-order valence-corrected chi connectivity index (χ2v) is 8.80. The Labute approximate surface area is 128 Å². The van der Waals surface area contributed by atoms with Gasteiger partial charge in [-0.3, -0.25) is 0 Å². The molecule has 3 aliphatic rings. The first-order valence-electron chi connectivity index (χ1n) is 8.36. The average molecular weight is 281 g/mol. The van der Waals surface area contributed by atoms with Crippen LogP contribution in [0.15, 0.2) is 35.9 Å². The molecule has 1 aromatic rings. The fraction of sp³-hybridized carbons (Fsp3) is 0.600. The fourth-order valence-corrected chi connectivity index (χ4v) is 5.69. The van der Waals surface area contributed by atoms with Gasteiger partial charge in [0.05, 0.1) is 0 Å². The zero-order chi connectivity index (χ0) is 15.0. The summed E-state index contributed by atoms with van der Waals surface area (Å²) in [7, 11) is 0. The van der Waals surface area contributed by atoms with E-state index in [1.807, 2.05) is 0 Å². The Hall–Kier alpha value is -1.24. The molecule has 4 rings (SSSR count). The highest BCUT2D eigenvalue weighted by Crippen LogP contribution is 2.68. The smallest absolute Gasteiger partial charge is 0.0443 e. The minimum absolute atomic E-state index is 0.220. The van der Waals surface area contributed by atoms with Crippen LogP contribution in [0.3, 0.4) is 0 Å². The molecule has 0 bridgehead atoms. The van der Waals surface area contributed by atoms with E-state index in [9.17, 15) is 0 Å². The number of hydrogen-bond acceptors (Lipinski definition) is 1. The second-order valence-electron chi connectivity index (χ2n) is 8.80. The van der Waals surface area contributed by atoms with Crippen LogP contribution in [-0.2, 0) is 0 Å². The molecule has 21 heavy (non-hydrogen) atoms. The van der Waals surface area contributed by atoms with Crippen molar-refractivity contribution in [2.45, 2.75) is 59.4 Å².